The molecule has 0 saturated carbocycles. The van der Waals surface area contributed by atoms with Crippen LogP contribution in [0.2, 0.25) is 0 Å². The van der Waals surface area contributed by atoms with Crippen LogP contribution in [0, 0.1) is 0 Å². The quantitative estimate of drug-likeness (QED) is 0.463. The predicted octanol–water partition coefficient (Wildman–Crippen LogP) is 1.72. The Balaban J connectivity index is 1.47. The molecule has 0 fully saturated rings. The number of nitrogens with zero attached hydrogens (tertiary/aromatic N) is 2. The van der Waals surface area contributed by atoms with Crippen LogP contribution in [0.3, 0.4) is 0 Å². The summed E-state index contributed by atoms with van der Waals surface area (Å²) in [6, 6.07) is 17.7. The van der Waals surface area contributed by atoms with Crippen LogP contribution in [0.15, 0.2) is 77.9 Å². The first kappa shape index (κ1) is 18.2. The third-order valence-corrected chi connectivity index (χ3v) is 4.45. The fourth-order valence-electron chi connectivity index (χ4n) is 3.08. The minimum atomic E-state index is -0.457. The summed E-state index contributed by atoms with van der Waals surface area (Å²) in [5, 5.41) is 7.40. The molecule has 4 rings (SSSR count). The number of amides is 2. The van der Waals surface area contributed by atoms with E-state index in [9.17, 15) is 14.4 Å². The second-order valence-corrected chi connectivity index (χ2v) is 6.33. The monoisotopic (exact) mass is 387 g/mol. The molecule has 29 heavy (non-hydrogen) atoms. The van der Waals surface area contributed by atoms with Gasteiger partial charge in [-0.15, -0.1) is 0 Å². The van der Waals surface area contributed by atoms with Gasteiger partial charge >= 0.3 is 0 Å². The second kappa shape index (κ2) is 7.81. The summed E-state index contributed by atoms with van der Waals surface area (Å²) in [5.41, 5.74) is 6.03. The second-order valence-electron chi connectivity index (χ2n) is 6.33. The SMILES string of the molecule is O=C(Cc1n[nH]c(=O)c2ccccc12)NNC(=O)c1ccccc1-n1cccc1. The fourth-order valence-corrected chi connectivity index (χ4v) is 3.08. The van der Waals surface area contributed by atoms with Crippen molar-refractivity contribution in [1.29, 1.82) is 0 Å². The molecule has 4 aromatic rings. The number of rotatable bonds is 4. The van der Waals surface area contributed by atoms with Gasteiger partial charge < -0.3 is 4.57 Å². The molecule has 144 valence electrons. The summed E-state index contributed by atoms with van der Waals surface area (Å²) < 4.78 is 1.81. The molecule has 0 radical (unpaired) electrons. The summed E-state index contributed by atoms with van der Waals surface area (Å²) in [4.78, 5) is 36.7. The number of benzene rings is 2. The number of hydrogen-bond acceptors (Lipinski definition) is 4. The predicted molar refractivity (Wildman–Crippen MR) is 107 cm³/mol. The Hall–Kier alpha value is -4.20. The van der Waals surface area contributed by atoms with E-state index >= 15 is 0 Å². The van der Waals surface area contributed by atoms with Crippen LogP contribution in [-0.4, -0.2) is 26.6 Å². The van der Waals surface area contributed by atoms with Crippen molar-refractivity contribution in [2.75, 3.05) is 0 Å². The molecule has 2 heterocycles. The number of H-pyrrole nitrogens is 1. The number of aromatic amines is 1. The van der Waals surface area contributed by atoms with E-state index in [1.54, 1.807) is 36.4 Å². The topological polar surface area (TPSA) is 109 Å². The molecule has 0 unspecified atom stereocenters. The molecule has 2 aromatic heterocycles. The molecule has 0 atom stereocenters. The van der Waals surface area contributed by atoms with Crippen molar-refractivity contribution < 1.29 is 9.59 Å². The third-order valence-electron chi connectivity index (χ3n) is 4.45. The first-order valence-corrected chi connectivity index (χ1v) is 8.91. The highest BCUT2D eigenvalue weighted by Gasteiger charge is 2.14. The van der Waals surface area contributed by atoms with Crippen LogP contribution in [-0.2, 0) is 11.2 Å². The van der Waals surface area contributed by atoms with Gasteiger partial charge in [-0.1, -0.05) is 30.3 Å². The van der Waals surface area contributed by atoms with Crippen LogP contribution in [0.4, 0.5) is 0 Å². The first-order chi connectivity index (χ1) is 14.1. The Morgan fingerprint density at radius 3 is 2.38 bits per heavy atom. The van der Waals surface area contributed by atoms with Crippen LogP contribution in [0.1, 0.15) is 16.1 Å². The Morgan fingerprint density at radius 1 is 0.897 bits per heavy atom. The lowest BCUT2D eigenvalue weighted by Crippen LogP contribution is -2.42. The number of fused-ring (bicyclic) bond motifs is 1. The van der Waals surface area contributed by atoms with Gasteiger partial charge in [-0.2, -0.15) is 5.10 Å². The highest BCUT2D eigenvalue weighted by Crippen LogP contribution is 2.15. The number of carbonyl (C=O) groups is 2. The first-order valence-electron chi connectivity index (χ1n) is 8.91. The van der Waals surface area contributed by atoms with Crippen molar-refractivity contribution in [2.24, 2.45) is 0 Å². The van der Waals surface area contributed by atoms with Crippen LogP contribution < -0.4 is 16.4 Å². The smallest absolute Gasteiger partial charge is 0.272 e. The molecule has 0 spiro atoms. The number of nitrogens with one attached hydrogen (secondary N) is 3. The molecule has 8 nitrogen and oxygen atoms in total. The Labute approximate surface area is 165 Å². The van der Waals surface area contributed by atoms with E-state index in [4.69, 9.17) is 0 Å². The molecular weight excluding hydrogens is 370 g/mol. The van der Waals surface area contributed by atoms with Crippen molar-refractivity contribution in [2.45, 2.75) is 6.42 Å². The van der Waals surface area contributed by atoms with Gasteiger partial charge in [0.1, 0.15) is 0 Å². The van der Waals surface area contributed by atoms with E-state index in [1.807, 2.05) is 41.2 Å². The van der Waals surface area contributed by atoms with Gasteiger partial charge in [0.05, 0.1) is 28.8 Å². The maximum absolute atomic E-state index is 12.6. The summed E-state index contributed by atoms with van der Waals surface area (Å²) in [6.45, 7) is 0. The molecule has 2 aromatic carbocycles. The molecule has 2 amide bonds. The van der Waals surface area contributed by atoms with Crippen LogP contribution >= 0.6 is 0 Å². The molecule has 0 aliphatic heterocycles. The summed E-state index contributed by atoms with van der Waals surface area (Å²) in [6.07, 6.45) is 3.56. The van der Waals surface area contributed by atoms with Gasteiger partial charge in [-0.3, -0.25) is 25.2 Å². The summed E-state index contributed by atoms with van der Waals surface area (Å²) >= 11 is 0. The molecule has 0 saturated heterocycles. The lowest BCUT2D eigenvalue weighted by atomic mass is 10.1. The van der Waals surface area contributed by atoms with Crippen molar-refractivity contribution in [3.8, 4) is 5.69 Å². The van der Waals surface area contributed by atoms with Gasteiger partial charge in [0, 0.05) is 17.8 Å². The Kier molecular flexibility index (Phi) is 4.90. The van der Waals surface area contributed by atoms with Crippen LogP contribution in [0.5, 0.6) is 0 Å². The Morgan fingerprint density at radius 2 is 1.59 bits per heavy atom. The third kappa shape index (κ3) is 3.77. The number of hydrogen-bond donors (Lipinski definition) is 3. The summed E-state index contributed by atoms with van der Waals surface area (Å²) in [7, 11) is 0. The van der Waals surface area contributed by atoms with Crippen molar-refractivity contribution >= 4 is 22.6 Å². The minimum Gasteiger partial charge on any atom is -0.323 e. The number of aromatic nitrogens is 3. The van der Waals surface area contributed by atoms with E-state index in [-0.39, 0.29) is 12.0 Å². The fraction of sp³-hybridized carbons (Fsp3) is 0.0476. The maximum Gasteiger partial charge on any atom is 0.272 e. The molecule has 3 N–H and O–H groups in total. The standard InChI is InChI=1S/C21H17N5O3/c27-19(13-17-14-7-1-2-8-15(14)20(28)24-22-17)23-25-21(29)16-9-3-4-10-18(16)26-11-5-6-12-26/h1-12H,13H2,(H,23,27)(H,24,28)(H,25,29). The average molecular weight is 387 g/mol. The van der Waals surface area contributed by atoms with Crippen molar-refractivity contribution in [3.63, 3.8) is 0 Å². The zero-order valence-corrected chi connectivity index (χ0v) is 15.3. The number of carbonyl (C=O) groups excluding carboxylic acids is 2. The zero-order valence-electron chi connectivity index (χ0n) is 15.3. The Bertz CT molecular complexity index is 1240. The number of para-hydroxylation sites is 1. The largest absolute Gasteiger partial charge is 0.323 e. The lowest BCUT2D eigenvalue weighted by molar-refractivity contribution is -0.121. The maximum atomic E-state index is 12.6. The normalized spacial score (nSPS) is 10.6. The van der Waals surface area contributed by atoms with E-state index in [0.717, 1.165) is 0 Å². The van der Waals surface area contributed by atoms with Crippen LogP contribution in [0.25, 0.3) is 16.5 Å². The van der Waals surface area contributed by atoms with Gasteiger partial charge in [0.25, 0.3) is 11.5 Å². The highest BCUT2D eigenvalue weighted by atomic mass is 16.2. The van der Waals surface area contributed by atoms with E-state index in [0.29, 0.717) is 27.7 Å². The van der Waals surface area contributed by atoms with Gasteiger partial charge in [-0.25, -0.2) is 5.10 Å². The lowest BCUT2D eigenvalue weighted by Gasteiger charge is -2.12. The molecular formula is C21H17N5O3. The molecule has 0 aliphatic carbocycles. The van der Waals surface area contributed by atoms with E-state index < -0.39 is 11.8 Å². The van der Waals surface area contributed by atoms with Gasteiger partial charge in [0.15, 0.2) is 0 Å². The molecule has 0 aliphatic rings. The molecule has 8 heteroatoms. The minimum absolute atomic E-state index is 0.100. The van der Waals surface area contributed by atoms with E-state index in [2.05, 4.69) is 21.0 Å². The van der Waals surface area contributed by atoms with Gasteiger partial charge in [-0.05, 0) is 30.3 Å². The van der Waals surface area contributed by atoms with Crippen molar-refractivity contribution in [1.82, 2.24) is 25.6 Å². The van der Waals surface area contributed by atoms with E-state index in [1.165, 1.54) is 0 Å². The number of hydrazine groups is 1. The van der Waals surface area contributed by atoms with Gasteiger partial charge in [0.2, 0.25) is 5.91 Å². The van der Waals surface area contributed by atoms with Crippen molar-refractivity contribution in [3.05, 3.63) is 94.7 Å². The highest BCUT2D eigenvalue weighted by molar-refractivity contribution is 5.99. The zero-order chi connectivity index (χ0) is 20.2. The average Bonchev–Trinajstić information content (AvgIpc) is 3.29. The molecule has 0 bridgehead atoms. The summed E-state index contributed by atoms with van der Waals surface area (Å²) in [5.74, 6) is -0.900.